The maximum atomic E-state index is 9.17. The molecule has 0 saturated carbocycles. The molecule has 1 unspecified atom stereocenters. The van der Waals surface area contributed by atoms with Gasteiger partial charge in [0, 0.05) is 8.41 Å². The number of quaternary nitrogens is 1. The Balaban J connectivity index is -0.000000312. The van der Waals surface area contributed by atoms with Gasteiger partial charge in [-0.3, -0.25) is 4.70 Å². The average Bonchev–Trinajstić information content (AvgIpc) is 2.96. The zero-order valence-electron chi connectivity index (χ0n) is 12.0. The molecule has 10 heteroatoms. The lowest BCUT2D eigenvalue weighted by Crippen LogP contribution is -2.52. The average molecular weight is 447 g/mol. The van der Waals surface area contributed by atoms with Crippen molar-refractivity contribution in [1.29, 1.82) is 10.5 Å². The van der Waals surface area contributed by atoms with Crippen LogP contribution >= 0.6 is 31.9 Å². The summed E-state index contributed by atoms with van der Waals surface area (Å²) in [6, 6.07) is 8.39. The molecule has 1 atom stereocenters. The number of nitriles is 2. The molecule has 2 heterocycles. The van der Waals surface area contributed by atoms with Gasteiger partial charge in [-0.05, 0) is 50.1 Å². The zero-order valence-corrected chi connectivity index (χ0v) is 15.2. The standard InChI is InChI=1S/C6H2Br2N2O.C6H6N2O.CH3.B.FH/c7-3-1-5(8)10-4(2-9)6(3)11;7-4-5(8)6-2-1-3-9-6;;;/h1,11H;1-3,5H,8H2;1H3;;1H/q;;-1;;/p+1. The van der Waals surface area contributed by atoms with E-state index in [1.807, 2.05) is 6.07 Å². The Hall–Kier alpha value is -1.88. The van der Waals surface area contributed by atoms with Crippen molar-refractivity contribution in [2.45, 2.75) is 6.04 Å². The summed E-state index contributed by atoms with van der Waals surface area (Å²) in [4.78, 5) is 3.73. The summed E-state index contributed by atoms with van der Waals surface area (Å²) in [5.41, 5.74) is 3.55. The maximum absolute atomic E-state index is 9.17. The minimum Gasteiger partial charge on any atom is -0.504 e. The van der Waals surface area contributed by atoms with Gasteiger partial charge in [-0.1, -0.05) is 0 Å². The third-order valence-electron chi connectivity index (χ3n) is 2.06. The second kappa shape index (κ2) is 12.6. The Kier molecular flexibility index (Phi) is 14.3. The molecule has 0 spiro atoms. The van der Waals surface area contributed by atoms with Crippen LogP contribution < -0.4 is 5.73 Å². The van der Waals surface area contributed by atoms with E-state index >= 15 is 0 Å². The van der Waals surface area contributed by atoms with E-state index in [-0.39, 0.29) is 38.0 Å². The molecule has 0 aliphatic heterocycles. The van der Waals surface area contributed by atoms with Crippen molar-refractivity contribution < 1.29 is 20.0 Å². The van der Waals surface area contributed by atoms with Gasteiger partial charge in [0.05, 0.1) is 10.7 Å². The minimum absolute atomic E-state index is 0. The fraction of sp³-hybridized carbons (Fsp3) is 0.0769. The van der Waals surface area contributed by atoms with Crippen molar-refractivity contribution in [1.82, 2.24) is 4.98 Å². The zero-order chi connectivity index (χ0) is 15.1. The SMILES string of the molecule is F.N#CC([NH3+])c1ccco1.N#Cc1nc(Br)cc(Br)c1O.[B].[CH3-]. The van der Waals surface area contributed by atoms with E-state index in [0.717, 1.165) is 0 Å². The highest BCUT2D eigenvalue weighted by Crippen LogP contribution is 2.28. The minimum atomic E-state index is -0.375. The van der Waals surface area contributed by atoms with E-state index in [9.17, 15) is 0 Å². The Morgan fingerprint density at radius 3 is 2.39 bits per heavy atom. The Morgan fingerprint density at radius 2 is 1.96 bits per heavy atom. The van der Waals surface area contributed by atoms with Crippen LogP contribution in [0.5, 0.6) is 5.75 Å². The number of aromatic hydroxyl groups is 1. The van der Waals surface area contributed by atoms with Crippen LogP contribution in [-0.2, 0) is 0 Å². The normalized spacial score (nSPS) is 9.26. The Morgan fingerprint density at radius 1 is 1.35 bits per heavy atom. The van der Waals surface area contributed by atoms with E-state index in [1.54, 1.807) is 24.3 Å². The quantitative estimate of drug-likeness (QED) is 0.396. The van der Waals surface area contributed by atoms with Gasteiger partial charge in [0.1, 0.15) is 16.7 Å². The van der Waals surface area contributed by atoms with Crippen LogP contribution in [0.25, 0.3) is 0 Å². The third-order valence-corrected chi connectivity index (χ3v) is 3.07. The second-order valence-electron chi connectivity index (χ2n) is 3.43. The summed E-state index contributed by atoms with van der Waals surface area (Å²) in [5, 5.41) is 26.0. The van der Waals surface area contributed by atoms with Gasteiger partial charge in [-0.2, -0.15) is 10.5 Å². The van der Waals surface area contributed by atoms with Crippen molar-refractivity contribution >= 4 is 40.3 Å². The van der Waals surface area contributed by atoms with Crippen LogP contribution in [0.1, 0.15) is 17.5 Å². The van der Waals surface area contributed by atoms with Crippen LogP contribution in [0.4, 0.5) is 4.70 Å². The first kappa shape index (κ1) is 26.0. The summed E-state index contributed by atoms with van der Waals surface area (Å²) in [5.74, 6) is 0.494. The molecule has 121 valence electrons. The van der Waals surface area contributed by atoms with Crippen LogP contribution in [0, 0.1) is 30.1 Å². The van der Waals surface area contributed by atoms with Crippen molar-refractivity contribution in [2.75, 3.05) is 0 Å². The molecule has 2 aromatic heterocycles. The molecule has 0 fully saturated rings. The summed E-state index contributed by atoms with van der Waals surface area (Å²) >= 11 is 6.15. The molecular formula is C13H13BBr2FN4O2. The van der Waals surface area contributed by atoms with E-state index in [2.05, 4.69) is 42.6 Å². The summed E-state index contributed by atoms with van der Waals surface area (Å²) < 4.78 is 5.87. The molecule has 3 radical (unpaired) electrons. The van der Waals surface area contributed by atoms with Gasteiger partial charge in [0.15, 0.2) is 17.2 Å². The highest BCUT2D eigenvalue weighted by atomic mass is 79.9. The van der Waals surface area contributed by atoms with E-state index in [0.29, 0.717) is 14.8 Å². The van der Waals surface area contributed by atoms with Crippen molar-refractivity contribution in [3.05, 3.63) is 52.4 Å². The topological polar surface area (TPSA) is 121 Å². The largest absolute Gasteiger partial charge is 0.504 e. The highest BCUT2D eigenvalue weighted by Gasteiger charge is 2.08. The molecule has 2 rings (SSSR count). The monoisotopic (exact) mass is 445 g/mol. The molecule has 0 bridgehead atoms. The molecule has 0 aliphatic carbocycles. The van der Waals surface area contributed by atoms with Crippen molar-refractivity contribution in [2.24, 2.45) is 0 Å². The molecule has 23 heavy (non-hydrogen) atoms. The number of furan rings is 1. The van der Waals surface area contributed by atoms with Gasteiger partial charge >= 0.3 is 0 Å². The van der Waals surface area contributed by atoms with Gasteiger partial charge in [0.2, 0.25) is 6.04 Å². The fourth-order valence-corrected chi connectivity index (χ4v) is 2.23. The lowest BCUT2D eigenvalue weighted by molar-refractivity contribution is -0.409. The van der Waals surface area contributed by atoms with Gasteiger partial charge in [0.25, 0.3) is 0 Å². The number of hydrogen-bond acceptors (Lipinski definition) is 5. The molecule has 4 N–H and O–H groups in total. The van der Waals surface area contributed by atoms with Crippen LogP contribution in [0.15, 0.2) is 38.0 Å². The third kappa shape index (κ3) is 7.79. The van der Waals surface area contributed by atoms with Gasteiger partial charge in [-0.15, -0.1) is 0 Å². The van der Waals surface area contributed by atoms with Gasteiger partial charge in [-0.25, -0.2) is 4.98 Å². The lowest BCUT2D eigenvalue weighted by atomic mass is 10.3. The van der Waals surface area contributed by atoms with Crippen molar-refractivity contribution in [3.63, 3.8) is 0 Å². The van der Waals surface area contributed by atoms with E-state index < -0.39 is 0 Å². The lowest BCUT2D eigenvalue weighted by Gasteiger charge is -1.97. The number of pyridine rings is 1. The van der Waals surface area contributed by atoms with Gasteiger partial charge < -0.3 is 22.7 Å². The molecule has 2 aromatic rings. The van der Waals surface area contributed by atoms with Crippen LogP contribution in [0.2, 0.25) is 0 Å². The highest BCUT2D eigenvalue weighted by molar-refractivity contribution is 9.11. The Labute approximate surface area is 152 Å². The molecule has 0 saturated heterocycles. The molecule has 0 aliphatic rings. The van der Waals surface area contributed by atoms with E-state index in [4.69, 9.17) is 20.0 Å². The second-order valence-corrected chi connectivity index (χ2v) is 5.10. The number of rotatable bonds is 1. The maximum Gasteiger partial charge on any atom is 0.229 e. The summed E-state index contributed by atoms with van der Waals surface area (Å²) in [6.45, 7) is 0. The van der Waals surface area contributed by atoms with Crippen LogP contribution in [0.3, 0.4) is 0 Å². The molecule has 6 nitrogen and oxygen atoms in total. The summed E-state index contributed by atoms with van der Waals surface area (Å²) in [6.07, 6.45) is 1.53. The molecule has 0 amide bonds. The van der Waals surface area contributed by atoms with Crippen LogP contribution in [-0.4, -0.2) is 18.5 Å². The predicted molar refractivity (Wildman–Crippen MR) is 90.6 cm³/mol. The summed E-state index contributed by atoms with van der Waals surface area (Å²) in [7, 11) is 0. The number of nitrogens with zero attached hydrogens (tertiary/aromatic N) is 3. The number of halogens is 3. The fourth-order valence-electron chi connectivity index (χ4n) is 1.11. The molecular weight excluding hydrogens is 434 g/mol. The predicted octanol–water partition coefficient (Wildman–Crippen LogP) is 2.49. The van der Waals surface area contributed by atoms with E-state index in [1.165, 1.54) is 6.26 Å². The first-order valence-corrected chi connectivity index (χ1v) is 6.79. The van der Waals surface area contributed by atoms with Crippen molar-refractivity contribution in [3.8, 4) is 17.9 Å². The number of aromatic nitrogens is 1. The smallest absolute Gasteiger partial charge is 0.229 e. The molecule has 0 aromatic carbocycles. The number of hydrogen-bond donors (Lipinski definition) is 2. The first-order chi connectivity index (χ1) is 9.49. The Bertz CT molecular complexity index is 672. The first-order valence-electron chi connectivity index (χ1n) is 5.20.